The molecule has 0 aliphatic carbocycles. The maximum atomic E-state index is 13.0. The summed E-state index contributed by atoms with van der Waals surface area (Å²) in [6.45, 7) is 4.65. The summed E-state index contributed by atoms with van der Waals surface area (Å²) in [6, 6.07) is 16.9. The summed E-state index contributed by atoms with van der Waals surface area (Å²) in [4.78, 5) is 27.0. The molecule has 0 spiro atoms. The molecule has 1 aliphatic heterocycles. The number of amides is 2. The predicted molar refractivity (Wildman–Crippen MR) is 151 cm³/mol. The van der Waals surface area contributed by atoms with Gasteiger partial charge in [0.15, 0.2) is 11.5 Å². The molecule has 0 atom stereocenters. The van der Waals surface area contributed by atoms with Gasteiger partial charge in [-0.3, -0.25) is 14.5 Å². The van der Waals surface area contributed by atoms with Crippen molar-refractivity contribution in [1.29, 1.82) is 0 Å². The Hall–Kier alpha value is -2.94. The summed E-state index contributed by atoms with van der Waals surface area (Å²) in [6.07, 6.45) is 1.67. The van der Waals surface area contributed by atoms with Crippen LogP contribution in [0.5, 0.6) is 17.2 Å². The minimum Gasteiger partial charge on any atom is -0.493 e. The van der Waals surface area contributed by atoms with Gasteiger partial charge < -0.3 is 14.2 Å². The van der Waals surface area contributed by atoms with Crippen molar-refractivity contribution < 1.29 is 23.8 Å². The zero-order valence-corrected chi connectivity index (χ0v) is 23.7. The Balaban J connectivity index is 1.44. The number of hydrogen-bond donors (Lipinski definition) is 0. The van der Waals surface area contributed by atoms with Gasteiger partial charge in [-0.05, 0) is 100 Å². The Labute approximate surface area is 233 Å². The van der Waals surface area contributed by atoms with Gasteiger partial charge in [-0.2, -0.15) is 0 Å². The molecular weight excluding hydrogens is 578 g/mol. The molecule has 0 saturated carbocycles. The SMILES string of the molecule is COc1cc(/C=C2\SC(=O)N(CCOc3cc(C)ccc3C)C2=O)cc(Br)c1OCc1ccc(Cl)cc1. The highest BCUT2D eigenvalue weighted by Crippen LogP contribution is 2.39. The minimum atomic E-state index is -0.349. The fourth-order valence-electron chi connectivity index (χ4n) is 3.65. The third-order valence-electron chi connectivity index (χ3n) is 5.64. The molecule has 6 nitrogen and oxygen atoms in total. The highest BCUT2D eigenvalue weighted by molar-refractivity contribution is 9.10. The molecule has 1 fully saturated rings. The lowest BCUT2D eigenvalue weighted by Crippen LogP contribution is -2.32. The van der Waals surface area contributed by atoms with Gasteiger partial charge >= 0.3 is 0 Å². The van der Waals surface area contributed by atoms with Gasteiger partial charge in [-0.1, -0.05) is 35.9 Å². The second-order valence-corrected chi connectivity index (χ2v) is 10.7. The average molecular weight is 603 g/mol. The van der Waals surface area contributed by atoms with E-state index in [1.54, 1.807) is 31.4 Å². The molecule has 3 aromatic rings. The number of ether oxygens (including phenoxy) is 3. The van der Waals surface area contributed by atoms with Crippen LogP contribution in [0, 0.1) is 13.8 Å². The van der Waals surface area contributed by atoms with Crippen LogP contribution in [-0.4, -0.2) is 36.3 Å². The van der Waals surface area contributed by atoms with Gasteiger partial charge in [0, 0.05) is 5.02 Å². The van der Waals surface area contributed by atoms with E-state index in [4.69, 9.17) is 25.8 Å². The Bertz CT molecular complexity index is 1360. The molecule has 0 aromatic heterocycles. The first-order valence-corrected chi connectivity index (χ1v) is 13.4. The smallest absolute Gasteiger partial charge is 0.293 e. The number of rotatable bonds is 9. The molecule has 37 heavy (non-hydrogen) atoms. The third-order valence-corrected chi connectivity index (χ3v) is 7.38. The lowest BCUT2D eigenvalue weighted by molar-refractivity contribution is -0.123. The fourth-order valence-corrected chi connectivity index (χ4v) is 5.22. The second-order valence-electron chi connectivity index (χ2n) is 8.40. The van der Waals surface area contributed by atoms with Gasteiger partial charge in [-0.25, -0.2) is 0 Å². The maximum Gasteiger partial charge on any atom is 0.293 e. The molecule has 0 unspecified atom stereocenters. The number of carbonyl (C=O) groups excluding carboxylic acids is 2. The average Bonchev–Trinajstić information content (AvgIpc) is 3.13. The monoisotopic (exact) mass is 601 g/mol. The molecule has 0 N–H and O–H groups in total. The predicted octanol–water partition coefficient (Wildman–Crippen LogP) is 7.42. The molecule has 0 bridgehead atoms. The second kappa shape index (κ2) is 12.1. The van der Waals surface area contributed by atoms with Crippen LogP contribution in [-0.2, 0) is 11.4 Å². The van der Waals surface area contributed by atoms with E-state index in [2.05, 4.69) is 15.9 Å². The van der Waals surface area contributed by atoms with Crippen LogP contribution in [0.2, 0.25) is 5.02 Å². The molecule has 1 aliphatic rings. The molecule has 9 heteroatoms. The summed E-state index contributed by atoms with van der Waals surface area (Å²) in [5.41, 5.74) is 3.73. The highest BCUT2D eigenvalue weighted by Gasteiger charge is 2.35. The van der Waals surface area contributed by atoms with E-state index in [1.807, 2.05) is 50.2 Å². The molecule has 4 rings (SSSR count). The van der Waals surface area contributed by atoms with Crippen molar-refractivity contribution in [3.63, 3.8) is 0 Å². The van der Waals surface area contributed by atoms with E-state index >= 15 is 0 Å². The summed E-state index contributed by atoms with van der Waals surface area (Å²) in [5.74, 6) is 1.43. The quantitative estimate of drug-likeness (QED) is 0.238. The van der Waals surface area contributed by atoms with Crippen molar-refractivity contribution in [2.24, 2.45) is 0 Å². The van der Waals surface area contributed by atoms with Gasteiger partial charge in [0.1, 0.15) is 19.0 Å². The van der Waals surface area contributed by atoms with Crippen LogP contribution < -0.4 is 14.2 Å². The zero-order valence-electron chi connectivity index (χ0n) is 20.5. The van der Waals surface area contributed by atoms with E-state index in [0.717, 1.165) is 34.2 Å². The van der Waals surface area contributed by atoms with E-state index < -0.39 is 0 Å². The summed E-state index contributed by atoms with van der Waals surface area (Å²) < 4.78 is 18.0. The topological polar surface area (TPSA) is 65.1 Å². The van der Waals surface area contributed by atoms with Crippen LogP contribution in [0.3, 0.4) is 0 Å². The highest BCUT2D eigenvalue weighted by atomic mass is 79.9. The van der Waals surface area contributed by atoms with Crippen molar-refractivity contribution in [3.8, 4) is 17.2 Å². The Morgan fingerprint density at radius 3 is 2.49 bits per heavy atom. The van der Waals surface area contributed by atoms with Crippen molar-refractivity contribution in [3.05, 3.63) is 91.3 Å². The first-order chi connectivity index (χ1) is 17.7. The Kier molecular flexibility index (Phi) is 8.84. The van der Waals surface area contributed by atoms with E-state index in [9.17, 15) is 9.59 Å². The van der Waals surface area contributed by atoms with Crippen LogP contribution in [0.25, 0.3) is 6.08 Å². The van der Waals surface area contributed by atoms with Gasteiger partial charge in [0.2, 0.25) is 0 Å². The number of imide groups is 1. The lowest BCUT2D eigenvalue weighted by Gasteiger charge is -2.15. The van der Waals surface area contributed by atoms with Crippen LogP contribution in [0.1, 0.15) is 22.3 Å². The maximum absolute atomic E-state index is 13.0. The number of hydrogen-bond acceptors (Lipinski definition) is 6. The number of methoxy groups -OCH3 is 1. The number of nitrogens with zero attached hydrogens (tertiary/aromatic N) is 1. The molecule has 0 radical (unpaired) electrons. The molecule has 3 aromatic carbocycles. The van der Waals surface area contributed by atoms with Gasteiger partial charge in [0.25, 0.3) is 11.1 Å². The third kappa shape index (κ3) is 6.69. The first-order valence-electron chi connectivity index (χ1n) is 11.5. The van der Waals surface area contributed by atoms with Crippen molar-refractivity contribution in [2.75, 3.05) is 20.3 Å². The molecule has 192 valence electrons. The normalized spacial score (nSPS) is 14.4. The zero-order chi connectivity index (χ0) is 26.5. The Morgan fingerprint density at radius 2 is 1.76 bits per heavy atom. The summed E-state index contributed by atoms with van der Waals surface area (Å²) >= 11 is 10.4. The number of aryl methyl sites for hydroxylation is 2. The summed E-state index contributed by atoms with van der Waals surface area (Å²) in [5, 5.41) is 0.333. The van der Waals surface area contributed by atoms with E-state index in [0.29, 0.717) is 38.1 Å². The van der Waals surface area contributed by atoms with Crippen LogP contribution >= 0.6 is 39.3 Å². The molecular formula is C28H25BrClNO5S. The van der Waals surface area contributed by atoms with Gasteiger partial charge in [0.05, 0.1) is 23.0 Å². The molecule has 1 saturated heterocycles. The Morgan fingerprint density at radius 1 is 1.00 bits per heavy atom. The van der Waals surface area contributed by atoms with Crippen molar-refractivity contribution in [2.45, 2.75) is 20.5 Å². The number of thioether (sulfide) groups is 1. The number of benzene rings is 3. The number of halogens is 2. The van der Waals surface area contributed by atoms with E-state index in [-0.39, 0.29) is 24.3 Å². The van der Waals surface area contributed by atoms with Crippen molar-refractivity contribution in [1.82, 2.24) is 4.90 Å². The van der Waals surface area contributed by atoms with Crippen LogP contribution in [0.15, 0.2) is 64.0 Å². The van der Waals surface area contributed by atoms with E-state index in [1.165, 1.54) is 4.90 Å². The van der Waals surface area contributed by atoms with Gasteiger partial charge in [-0.15, -0.1) is 0 Å². The summed E-state index contributed by atoms with van der Waals surface area (Å²) in [7, 11) is 1.55. The lowest BCUT2D eigenvalue weighted by atomic mass is 10.1. The number of carbonyl (C=O) groups is 2. The van der Waals surface area contributed by atoms with Crippen molar-refractivity contribution >= 4 is 56.5 Å². The standard InChI is InChI=1S/C28H25BrClNO5S/c1-17-4-5-18(2)23(12-17)35-11-10-31-27(32)25(37-28(31)33)15-20-13-22(29)26(24(14-20)34-3)36-16-19-6-8-21(30)9-7-19/h4-9,12-15H,10-11,16H2,1-3H3/b25-15-. The fraction of sp³-hybridized carbons (Fsp3) is 0.214. The first kappa shape index (κ1) is 27.1. The minimum absolute atomic E-state index is 0.167. The molecule has 1 heterocycles. The largest absolute Gasteiger partial charge is 0.493 e. The molecule has 2 amide bonds. The van der Waals surface area contributed by atoms with Crippen LogP contribution in [0.4, 0.5) is 4.79 Å².